The van der Waals surface area contributed by atoms with Gasteiger partial charge in [-0.3, -0.25) is 0 Å². The van der Waals surface area contributed by atoms with Gasteiger partial charge in [0.1, 0.15) is 16.1 Å². The monoisotopic (exact) mass is 446 g/mol. The van der Waals surface area contributed by atoms with E-state index in [-0.39, 0.29) is 12.0 Å². The summed E-state index contributed by atoms with van der Waals surface area (Å²) in [5.74, 6) is 0.899. The summed E-state index contributed by atoms with van der Waals surface area (Å²) in [5, 5.41) is 1.50. The van der Waals surface area contributed by atoms with Gasteiger partial charge in [-0.2, -0.15) is 4.98 Å². The van der Waals surface area contributed by atoms with E-state index in [1.165, 1.54) is 11.3 Å². The second-order valence-corrected chi connectivity index (χ2v) is 9.45. The Labute approximate surface area is 183 Å². The molecule has 0 saturated carbocycles. The average molecular weight is 447 g/mol. The number of rotatable bonds is 2. The Morgan fingerprint density at radius 1 is 1.10 bits per heavy atom. The number of hydrogen-bond acceptors (Lipinski definition) is 8. The van der Waals surface area contributed by atoms with E-state index in [1.807, 2.05) is 45.0 Å². The highest BCUT2D eigenvalue weighted by atomic mass is 35.5. The van der Waals surface area contributed by atoms with E-state index >= 15 is 0 Å². The van der Waals surface area contributed by atoms with Gasteiger partial charge in [-0.15, -0.1) is 0 Å². The van der Waals surface area contributed by atoms with Crippen LogP contribution in [0.15, 0.2) is 24.3 Å². The van der Waals surface area contributed by atoms with E-state index in [0.29, 0.717) is 42.5 Å². The predicted molar refractivity (Wildman–Crippen MR) is 120 cm³/mol. The van der Waals surface area contributed by atoms with Crippen molar-refractivity contribution in [1.29, 1.82) is 0 Å². The van der Waals surface area contributed by atoms with Crippen LogP contribution in [-0.2, 0) is 4.74 Å². The summed E-state index contributed by atoms with van der Waals surface area (Å²) in [6.45, 7) is 7.88. The number of benzene rings is 1. The van der Waals surface area contributed by atoms with Crippen LogP contribution in [0.5, 0.6) is 0 Å². The van der Waals surface area contributed by atoms with Crippen LogP contribution < -0.4 is 10.6 Å². The van der Waals surface area contributed by atoms with Crippen molar-refractivity contribution in [3.05, 3.63) is 29.3 Å². The zero-order chi connectivity index (χ0) is 21.5. The summed E-state index contributed by atoms with van der Waals surface area (Å²) < 4.78 is 5.47. The van der Waals surface area contributed by atoms with Crippen LogP contribution >= 0.6 is 22.9 Å². The Morgan fingerprint density at radius 3 is 2.40 bits per heavy atom. The standard InChI is InChI=1S/C20H23ClN6O2S/c1-20(2,3)29-19(28)27-10-8-26(9-11-27)15-14-17(25-18(22)24-15)30-16(23-14)12-4-6-13(21)7-5-12/h4-7H,8-11H2,1-3H3,(H2,22,24,25). The lowest BCUT2D eigenvalue weighted by molar-refractivity contribution is 0.0240. The minimum absolute atomic E-state index is 0.207. The van der Waals surface area contributed by atoms with Crippen molar-refractivity contribution >= 4 is 51.1 Å². The van der Waals surface area contributed by atoms with Gasteiger partial charge in [0.25, 0.3) is 0 Å². The van der Waals surface area contributed by atoms with E-state index in [0.717, 1.165) is 15.4 Å². The number of aromatic nitrogens is 3. The fraction of sp³-hybridized carbons (Fsp3) is 0.400. The molecular weight excluding hydrogens is 424 g/mol. The van der Waals surface area contributed by atoms with Crippen LogP contribution in [0.1, 0.15) is 20.8 Å². The zero-order valence-electron chi connectivity index (χ0n) is 17.1. The summed E-state index contributed by atoms with van der Waals surface area (Å²) in [6.07, 6.45) is -0.298. The molecule has 0 radical (unpaired) electrons. The number of ether oxygens (including phenoxy) is 1. The van der Waals surface area contributed by atoms with Gasteiger partial charge < -0.3 is 20.3 Å². The van der Waals surface area contributed by atoms with Gasteiger partial charge in [0.2, 0.25) is 5.95 Å². The second-order valence-electron chi connectivity index (χ2n) is 8.04. The van der Waals surface area contributed by atoms with Crippen molar-refractivity contribution < 1.29 is 9.53 Å². The number of nitrogens with zero attached hydrogens (tertiary/aromatic N) is 5. The third-order valence-electron chi connectivity index (χ3n) is 4.58. The summed E-state index contributed by atoms with van der Waals surface area (Å²) in [5.41, 5.74) is 7.13. The van der Waals surface area contributed by atoms with Gasteiger partial charge in [0.05, 0.1) is 0 Å². The van der Waals surface area contributed by atoms with Gasteiger partial charge in [0.15, 0.2) is 10.6 Å². The number of nitrogens with two attached hydrogens (primary N) is 1. The molecule has 0 atom stereocenters. The van der Waals surface area contributed by atoms with E-state index in [2.05, 4.69) is 14.9 Å². The summed E-state index contributed by atoms with van der Waals surface area (Å²) in [4.78, 5) is 30.5. The average Bonchev–Trinajstić information content (AvgIpc) is 3.10. The first-order valence-corrected chi connectivity index (χ1v) is 10.8. The fourth-order valence-corrected chi connectivity index (χ4v) is 4.26. The molecule has 1 amide bonds. The van der Waals surface area contributed by atoms with E-state index in [9.17, 15) is 4.79 Å². The molecule has 0 unspecified atom stereocenters. The third-order valence-corrected chi connectivity index (χ3v) is 5.83. The quantitative estimate of drug-likeness (QED) is 0.634. The maximum absolute atomic E-state index is 12.3. The third kappa shape index (κ3) is 4.41. The minimum atomic E-state index is -0.514. The molecule has 3 aromatic rings. The highest BCUT2D eigenvalue weighted by Crippen LogP contribution is 2.34. The Balaban J connectivity index is 1.57. The maximum Gasteiger partial charge on any atom is 0.410 e. The van der Waals surface area contributed by atoms with Crippen molar-refractivity contribution in [1.82, 2.24) is 19.9 Å². The van der Waals surface area contributed by atoms with Gasteiger partial charge in [0, 0.05) is 36.8 Å². The lowest BCUT2D eigenvalue weighted by Gasteiger charge is -2.36. The summed E-state index contributed by atoms with van der Waals surface area (Å²) in [6, 6.07) is 7.52. The number of fused-ring (bicyclic) bond motifs is 1. The Hall–Kier alpha value is -2.65. The van der Waals surface area contributed by atoms with Crippen LogP contribution in [0.4, 0.5) is 16.6 Å². The molecule has 3 heterocycles. The molecule has 4 rings (SSSR count). The molecule has 30 heavy (non-hydrogen) atoms. The topological polar surface area (TPSA) is 97.5 Å². The number of thiazole rings is 1. The van der Waals surface area contributed by atoms with E-state index in [4.69, 9.17) is 27.1 Å². The number of amides is 1. The van der Waals surface area contributed by atoms with E-state index < -0.39 is 5.60 Å². The van der Waals surface area contributed by atoms with Gasteiger partial charge in [-0.05, 0) is 32.9 Å². The molecule has 10 heteroatoms. The number of hydrogen-bond donors (Lipinski definition) is 1. The van der Waals surface area contributed by atoms with Crippen molar-refractivity contribution in [2.24, 2.45) is 0 Å². The van der Waals surface area contributed by atoms with E-state index in [1.54, 1.807) is 4.90 Å². The molecule has 1 aromatic carbocycles. The number of piperazine rings is 1. The van der Waals surface area contributed by atoms with Crippen LogP contribution in [0.2, 0.25) is 5.02 Å². The van der Waals surface area contributed by atoms with Crippen LogP contribution in [0, 0.1) is 0 Å². The molecule has 0 spiro atoms. The second kappa shape index (κ2) is 7.88. The van der Waals surface area contributed by atoms with Crippen molar-refractivity contribution in [2.45, 2.75) is 26.4 Å². The highest BCUT2D eigenvalue weighted by molar-refractivity contribution is 7.21. The molecular formula is C20H23ClN6O2S. The lowest BCUT2D eigenvalue weighted by atomic mass is 10.2. The largest absolute Gasteiger partial charge is 0.444 e. The zero-order valence-corrected chi connectivity index (χ0v) is 18.6. The van der Waals surface area contributed by atoms with Crippen LogP contribution in [0.25, 0.3) is 20.9 Å². The molecule has 2 N–H and O–H groups in total. The normalized spacial score (nSPS) is 14.9. The molecule has 1 aliphatic heterocycles. The predicted octanol–water partition coefficient (Wildman–Crippen LogP) is 4.05. The molecule has 0 aliphatic carbocycles. The Kier molecular flexibility index (Phi) is 5.42. The lowest BCUT2D eigenvalue weighted by Crippen LogP contribution is -2.50. The number of carbonyl (C=O) groups is 1. The summed E-state index contributed by atoms with van der Waals surface area (Å²) in [7, 11) is 0. The fourth-order valence-electron chi connectivity index (χ4n) is 3.19. The number of nitrogen functional groups attached to an aromatic ring is 1. The van der Waals surface area contributed by atoms with Gasteiger partial charge in [-0.25, -0.2) is 14.8 Å². The maximum atomic E-state index is 12.3. The smallest absolute Gasteiger partial charge is 0.410 e. The van der Waals surface area contributed by atoms with Crippen molar-refractivity contribution in [3.63, 3.8) is 0 Å². The highest BCUT2D eigenvalue weighted by Gasteiger charge is 2.28. The Bertz CT molecular complexity index is 1070. The van der Waals surface area contributed by atoms with Crippen LogP contribution in [-0.4, -0.2) is 57.7 Å². The first-order chi connectivity index (χ1) is 14.2. The Morgan fingerprint density at radius 2 is 1.77 bits per heavy atom. The summed E-state index contributed by atoms with van der Waals surface area (Å²) >= 11 is 7.46. The SMILES string of the molecule is CC(C)(C)OC(=O)N1CCN(c2nc(N)nc3sc(-c4ccc(Cl)cc4)nc23)CC1. The molecule has 0 bridgehead atoms. The van der Waals surface area contributed by atoms with Gasteiger partial charge in [-0.1, -0.05) is 35.1 Å². The first kappa shape index (κ1) is 20.6. The molecule has 8 nitrogen and oxygen atoms in total. The molecule has 1 fully saturated rings. The van der Waals surface area contributed by atoms with Crippen molar-refractivity contribution in [2.75, 3.05) is 36.8 Å². The van der Waals surface area contributed by atoms with Crippen LogP contribution in [0.3, 0.4) is 0 Å². The number of anilines is 2. The first-order valence-electron chi connectivity index (χ1n) is 9.62. The molecule has 2 aromatic heterocycles. The molecule has 158 valence electrons. The molecule has 1 aliphatic rings. The number of halogens is 1. The molecule has 1 saturated heterocycles. The van der Waals surface area contributed by atoms with Gasteiger partial charge >= 0.3 is 6.09 Å². The minimum Gasteiger partial charge on any atom is -0.444 e. The van der Waals surface area contributed by atoms with Crippen molar-refractivity contribution in [3.8, 4) is 10.6 Å². The number of carbonyl (C=O) groups excluding carboxylic acids is 1.